The zero-order chi connectivity index (χ0) is 31.5. The molecule has 0 N–H and O–H groups in total. The minimum atomic E-state index is -2.77. The summed E-state index contributed by atoms with van der Waals surface area (Å²) in [6.45, 7) is 22.7. The minimum Gasteiger partial charge on any atom is -0.416 e. The number of rotatable bonds is 23. The summed E-state index contributed by atoms with van der Waals surface area (Å²) in [6, 6.07) is 2.37. The van der Waals surface area contributed by atoms with E-state index in [1.54, 1.807) is 14.2 Å². The van der Waals surface area contributed by atoms with E-state index in [4.69, 9.17) is 68.3 Å². The van der Waals surface area contributed by atoms with Gasteiger partial charge in [0.25, 0.3) is 0 Å². The maximum absolute atomic E-state index is 6.90. The van der Waals surface area contributed by atoms with Gasteiger partial charge in [0.05, 0.1) is 0 Å². The van der Waals surface area contributed by atoms with Crippen molar-refractivity contribution in [2.75, 3.05) is 31.9 Å². The lowest BCUT2D eigenvalue weighted by atomic mass is 10.6. The van der Waals surface area contributed by atoms with Crippen molar-refractivity contribution in [3.63, 3.8) is 0 Å². The second-order valence-electron chi connectivity index (χ2n) is 12.4. The molecule has 18 heteroatoms. The number of hydrogen-bond donors (Lipinski definition) is 0. The average Bonchev–Trinajstić information content (AvgIpc) is 2.76. The van der Waals surface area contributed by atoms with Crippen molar-refractivity contribution in [3.8, 4) is 0 Å². The Kier molecular flexibility index (Phi) is 18.6. The quantitative estimate of drug-likeness (QED) is 0.0763. The highest BCUT2D eigenvalue weighted by Crippen LogP contribution is 2.32. The van der Waals surface area contributed by atoms with Crippen LogP contribution in [0.25, 0.3) is 0 Å². The molecule has 8 nitrogen and oxygen atoms in total. The summed E-state index contributed by atoms with van der Waals surface area (Å²) in [6.07, 6.45) is 2.48. The van der Waals surface area contributed by atoms with E-state index in [1.165, 1.54) is 0 Å². The van der Waals surface area contributed by atoms with Crippen molar-refractivity contribution in [3.05, 3.63) is 0 Å². The molecule has 0 aliphatic rings. The lowest BCUT2D eigenvalue weighted by molar-refractivity contribution is 0.239. The van der Waals surface area contributed by atoms with Gasteiger partial charge in [-0.15, -0.1) is 34.8 Å². The topological polar surface area (TPSA) is 73.8 Å². The number of halogens is 3. The maximum atomic E-state index is 6.90. The van der Waals surface area contributed by atoms with Crippen molar-refractivity contribution in [2.24, 2.45) is 0 Å². The molecule has 2 atom stereocenters. The Labute approximate surface area is 268 Å². The second kappa shape index (κ2) is 17.7. The molecule has 0 fully saturated rings. The first kappa shape index (κ1) is 42.1. The predicted octanol–water partition coefficient (Wildman–Crippen LogP) is 8.29. The molecule has 0 rings (SSSR count). The van der Waals surface area contributed by atoms with Crippen molar-refractivity contribution in [1.29, 1.82) is 0 Å². The van der Waals surface area contributed by atoms with Gasteiger partial charge >= 0.3 is 59.9 Å². The summed E-state index contributed by atoms with van der Waals surface area (Å²) < 4.78 is 52.1. The fraction of sp³-hybridized carbons (Fsp3) is 1.00. The summed E-state index contributed by atoms with van der Waals surface area (Å²) in [5, 5.41) is 0. The van der Waals surface area contributed by atoms with Crippen LogP contribution in [0.4, 0.5) is 0 Å². The van der Waals surface area contributed by atoms with E-state index in [2.05, 4.69) is 72.0 Å². The van der Waals surface area contributed by atoms with Gasteiger partial charge in [0, 0.05) is 31.9 Å². The molecule has 0 amide bonds. The molecule has 0 aliphatic carbocycles. The molecule has 0 heterocycles. The zero-order valence-corrected chi connectivity index (χ0v) is 36.5. The van der Waals surface area contributed by atoms with Crippen LogP contribution in [0.2, 0.25) is 90.1 Å². The molecular formula is C22H57Cl3O8Si7. The van der Waals surface area contributed by atoms with E-state index in [9.17, 15) is 0 Å². The molecule has 0 bridgehead atoms. The first-order valence-electron chi connectivity index (χ1n) is 14.0. The van der Waals surface area contributed by atoms with Gasteiger partial charge in [0.2, 0.25) is 0 Å². The first-order chi connectivity index (χ1) is 18.0. The van der Waals surface area contributed by atoms with Crippen molar-refractivity contribution < 1.29 is 33.5 Å². The monoisotopic (exact) mass is 750 g/mol. The summed E-state index contributed by atoms with van der Waals surface area (Å²) in [7, 11) is -14.7. The van der Waals surface area contributed by atoms with E-state index in [0.29, 0.717) is 17.6 Å². The standard InChI is InChI=1S/C22H57Cl3O8Si7/c1-26-38(11,20-14-17-23)30-34(3,4)28-36(7,8)32-40(13,22-16-19-25)33-37(9,10)29-35(5,6)31-39(12,27-2)21-15-18-24/h14-22H2,1-13H3. The molecule has 0 spiro atoms. The highest BCUT2D eigenvalue weighted by Gasteiger charge is 2.51. The molecule has 0 saturated carbocycles. The molecule has 0 saturated heterocycles. The van der Waals surface area contributed by atoms with Gasteiger partial charge in [-0.05, 0) is 109 Å². The number of hydrogen-bond acceptors (Lipinski definition) is 8. The number of alkyl halides is 3. The van der Waals surface area contributed by atoms with Crippen LogP contribution in [0.15, 0.2) is 0 Å². The van der Waals surface area contributed by atoms with Crippen LogP contribution in [0.1, 0.15) is 19.3 Å². The lowest BCUT2D eigenvalue weighted by Crippen LogP contribution is -2.62. The molecule has 0 aliphatic heterocycles. The van der Waals surface area contributed by atoms with Crippen LogP contribution in [-0.2, 0) is 33.5 Å². The Bertz CT molecular complexity index is 691. The van der Waals surface area contributed by atoms with Gasteiger partial charge in [-0.25, -0.2) is 0 Å². The molecule has 242 valence electrons. The fourth-order valence-corrected chi connectivity index (χ4v) is 40.1. The third-order valence-electron chi connectivity index (χ3n) is 5.99. The molecular weight excluding hydrogens is 695 g/mol. The minimum absolute atomic E-state index is 0.532. The smallest absolute Gasteiger partial charge is 0.325 e. The SMILES string of the molecule is CO[Si](C)(CCCCl)O[Si](C)(C)O[Si](C)(C)O[Si](C)(CCCCl)O[Si](C)(C)O[Si](C)(C)O[Si](C)(CCCCl)OC. The Balaban J connectivity index is 5.75. The van der Waals surface area contributed by atoms with Gasteiger partial charge in [0.1, 0.15) is 0 Å². The summed E-state index contributed by atoms with van der Waals surface area (Å²) in [4.78, 5) is 0. The van der Waals surface area contributed by atoms with Crippen LogP contribution in [0.5, 0.6) is 0 Å². The lowest BCUT2D eigenvalue weighted by Gasteiger charge is -2.45. The van der Waals surface area contributed by atoms with E-state index < -0.39 is 59.9 Å². The Morgan fingerprint density at radius 3 is 0.825 bits per heavy atom. The van der Waals surface area contributed by atoms with Crippen molar-refractivity contribution in [1.82, 2.24) is 0 Å². The Morgan fingerprint density at radius 1 is 0.375 bits per heavy atom. The van der Waals surface area contributed by atoms with Crippen LogP contribution in [0.3, 0.4) is 0 Å². The third-order valence-corrected chi connectivity index (χ3v) is 34.9. The Morgan fingerprint density at radius 2 is 0.600 bits per heavy atom. The molecule has 2 unspecified atom stereocenters. The van der Waals surface area contributed by atoms with Crippen LogP contribution in [0, 0.1) is 0 Å². The molecule has 0 aromatic carbocycles. The van der Waals surface area contributed by atoms with Crippen LogP contribution >= 0.6 is 34.8 Å². The van der Waals surface area contributed by atoms with Gasteiger partial charge in [-0.2, -0.15) is 0 Å². The highest BCUT2D eigenvalue weighted by atomic mass is 35.5. The summed E-state index contributed by atoms with van der Waals surface area (Å²) in [5.74, 6) is 1.69. The third kappa shape index (κ3) is 17.5. The maximum Gasteiger partial charge on any atom is 0.325 e. The predicted molar refractivity (Wildman–Crippen MR) is 186 cm³/mol. The van der Waals surface area contributed by atoms with Gasteiger partial charge in [-0.3, -0.25) is 0 Å². The van der Waals surface area contributed by atoms with Gasteiger partial charge < -0.3 is 33.5 Å². The molecule has 0 radical (unpaired) electrons. The van der Waals surface area contributed by atoms with Crippen molar-refractivity contribution in [2.45, 2.75) is 109 Å². The first-order valence-corrected chi connectivity index (χ1v) is 34.5. The van der Waals surface area contributed by atoms with Crippen molar-refractivity contribution >= 4 is 94.7 Å². The summed E-state index contributed by atoms with van der Waals surface area (Å²) in [5.41, 5.74) is 0. The van der Waals surface area contributed by atoms with Gasteiger partial charge in [0.15, 0.2) is 0 Å². The fourth-order valence-electron chi connectivity index (χ4n) is 5.02. The van der Waals surface area contributed by atoms with E-state index in [-0.39, 0.29) is 0 Å². The molecule has 0 aromatic heterocycles. The normalized spacial score (nSPS) is 18.3. The van der Waals surface area contributed by atoms with E-state index in [0.717, 1.165) is 37.4 Å². The van der Waals surface area contributed by atoms with Crippen LogP contribution in [-0.4, -0.2) is 91.8 Å². The Hall–Kier alpha value is 2.07. The van der Waals surface area contributed by atoms with Crippen LogP contribution < -0.4 is 0 Å². The largest absolute Gasteiger partial charge is 0.416 e. The van der Waals surface area contributed by atoms with E-state index in [1.807, 2.05) is 0 Å². The highest BCUT2D eigenvalue weighted by molar-refractivity contribution is 6.91. The molecule has 40 heavy (non-hydrogen) atoms. The molecule has 0 aromatic rings. The second-order valence-corrected chi connectivity index (χ2v) is 38.7. The van der Waals surface area contributed by atoms with E-state index >= 15 is 0 Å². The average molecular weight is 753 g/mol. The zero-order valence-electron chi connectivity index (χ0n) is 27.3. The summed E-state index contributed by atoms with van der Waals surface area (Å²) >= 11 is 18.0. The van der Waals surface area contributed by atoms with Gasteiger partial charge in [-0.1, -0.05) is 0 Å².